The molecule has 4 rings (SSSR count). The van der Waals surface area contributed by atoms with E-state index < -0.39 is 41.6 Å². The summed E-state index contributed by atoms with van der Waals surface area (Å²) in [5, 5.41) is 10.4. The summed E-state index contributed by atoms with van der Waals surface area (Å²) in [6, 6.07) is -1.51. The molecule has 0 bridgehead atoms. The van der Waals surface area contributed by atoms with Gasteiger partial charge in [-0.2, -0.15) is 0 Å². The minimum atomic E-state index is -1.28. The summed E-state index contributed by atoms with van der Waals surface area (Å²) in [6.45, 7) is 8.53. The molecule has 0 aliphatic carbocycles. The molecule has 2 amide bonds. The molecule has 2 unspecified atom stereocenters. The molecule has 0 aromatic carbocycles. The summed E-state index contributed by atoms with van der Waals surface area (Å²) < 4.78 is 12.2. The Morgan fingerprint density at radius 1 is 1.17 bits per heavy atom. The molecule has 1 N–H and O–H groups in total. The van der Waals surface area contributed by atoms with E-state index in [1.165, 1.54) is 0 Å². The highest BCUT2D eigenvalue weighted by atomic mass is 16.6. The van der Waals surface area contributed by atoms with E-state index >= 15 is 0 Å². The first-order valence-electron chi connectivity index (χ1n) is 13.2. The third-order valence-electron chi connectivity index (χ3n) is 8.40. The maximum Gasteiger partial charge on any atom is 0.312 e. The Morgan fingerprint density at radius 2 is 1.94 bits per heavy atom. The minimum absolute atomic E-state index is 0.0112. The van der Waals surface area contributed by atoms with Crippen LogP contribution >= 0.6 is 0 Å². The fraction of sp³-hybridized carbons (Fsp3) is 0.741. The molecule has 194 valence electrons. The van der Waals surface area contributed by atoms with Crippen LogP contribution in [0, 0.1) is 17.8 Å². The van der Waals surface area contributed by atoms with E-state index in [1.54, 1.807) is 4.90 Å². The second-order valence-corrected chi connectivity index (χ2v) is 10.5. The fourth-order valence-corrected chi connectivity index (χ4v) is 6.35. The van der Waals surface area contributed by atoms with Crippen molar-refractivity contribution in [3.63, 3.8) is 0 Å². The first-order chi connectivity index (χ1) is 16.8. The molecule has 4 heterocycles. The number of hydrogen-bond donors (Lipinski definition) is 1. The van der Waals surface area contributed by atoms with Gasteiger partial charge >= 0.3 is 5.97 Å². The van der Waals surface area contributed by atoms with Crippen LogP contribution in [0.25, 0.3) is 0 Å². The van der Waals surface area contributed by atoms with Gasteiger partial charge in [-0.25, -0.2) is 0 Å². The summed E-state index contributed by atoms with van der Waals surface area (Å²) >= 11 is 0. The summed E-state index contributed by atoms with van der Waals surface area (Å²) in [5.41, 5.74) is -1.28. The van der Waals surface area contributed by atoms with Crippen molar-refractivity contribution in [2.24, 2.45) is 17.8 Å². The Labute approximate surface area is 208 Å². The predicted molar refractivity (Wildman–Crippen MR) is 130 cm³/mol. The van der Waals surface area contributed by atoms with E-state index in [0.29, 0.717) is 13.0 Å². The number of likely N-dealkylation sites (tertiary alicyclic amines) is 1. The lowest BCUT2D eigenvalue weighted by Crippen LogP contribution is -2.60. The lowest BCUT2D eigenvalue weighted by molar-refractivity contribution is -0.157. The Balaban J connectivity index is 1.85. The third-order valence-corrected chi connectivity index (χ3v) is 8.40. The van der Waals surface area contributed by atoms with E-state index in [-0.39, 0.29) is 37.0 Å². The molecule has 0 aromatic rings. The van der Waals surface area contributed by atoms with E-state index in [0.717, 1.165) is 25.7 Å². The number of fused-ring (bicyclic) bond motifs is 2. The third kappa shape index (κ3) is 4.22. The molecule has 0 saturated carbocycles. The highest BCUT2D eigenvalue weighted by Crippen LogP contribution is 2.54. The Morgan fingerprint density at radius 3 is 2.63 bits per heavy atom. The molecule has 2 fully saturated rings. The predicted octanol–water partition coefficient (Wildman–Crippen LogP) is 2.45. The van der Waals surface area contributed by atoms with Crippen LogP contribution in [0.4, 0.5) is 0 Å². The number of aliphatic hydroxyl groups excluding tert-OH is 1. The quantitative estimate of drug-likeness (QED) is 0.437. The molecule has 4 aliphatic heterocycles. The van der Waals surface area contributed by atoms with Crippen molar-refractivity contribution >= 4 is 17.8 Å². The van der Waals surface area contributed by atoms with Crippen molar-refractivity contribution in [1.82, 2.24) is 9.80 Å². The molecule has 0 radical (unpaired) electrons. The smallest absolute Gasteiger partial charge is 0.312 e. The van der Waals surface area contributed by atoms with Crippen molar-refractivity contribution in [3.8, 4) is 0 Å². The Hall–Kier alpha value is -2.19. The molecule has 0 aromatic heterocycles. The van der Waals surface area contributed by atoms with Crippen LogP contribution in [-0.2, 0) is 23.9 Å². The lowest BCUT2D eigenvalue weighted by atomic mass is 9.78. The zero-order valence-electron chi connectivity index (χ0n) is 21.4. The number of allylic oxidation sites excluding steroid dienone is 1. The number of rotatable bonds is 7. The second-order valence-electron chi connectivity index (χ2n) is 10.5. The van der Waals surface area contributed by atoms with Gasteiger partial charge in [0.25, 0.3) is 0 Å². The van der Waals surface area contributed by atoms with Crippen molar-refractivity contribution in [2.45, 2.75) is 89.6 Å². The molecular formula is C27H40N2O6. The number of nitrogens with zero attached hydrogens (tertiary/aromatic N) is 2. The van der Waals surface area contributed by atoms with Crippen molar-refractivity contribution in [2.75, 3.05) is 19.8 Å². The molecule has 2 saturated heterocycles. The number of aliphatic hydroxyl groups is 1. The van der Waals surface area contributed by atoms with Gasteiger partial charge in [0.05, 0.1) is 31.3 Å². The molecule has 1 spiro atoms. The van der Waals surface area contributed by atoms with Crippen LogP contribution in [0.1, 0.15) is 59.8 Å². The van der Waals surface area contributed by atoms with E-state index in [1.807, 2.05) is 50.0 Å². The normalized spacial score (nSPS) is 36.2. The maximum atomic E-state index is 14.2. The standard InChI is InChI=1S/C27H40N2O6/c1-5-11-18(4)28-14-10-13-27-22(21-20(35-27)12-8-7-9-15-34-26(21)33)24(31)29(23(27)25(28)32)19(16-30)17(3)6-2/h8,10,12-13,17-23,30H,5-7,9,11,14-16H2,1-4H3/b12-8-/t17-,18?,19-,20+,21-,22-,23?,27-/m0/s1. The summed E-state index contributed by atoms with van der Waals surface area (Å²) in [4.78, 5) is 45.1. The number of carbonyl (C=O) groups excluding carboxylic acids is 3. The first-order valence-corrected chi connectivity index (χ1v) is 13.2. The number of amides is 2. The Bertz CT molecular complexity index is 887. The van der Waals surface area contributed by atoms with Crippen LogP contribution in [0.15, 0.2) is 24.3 Å². The van der Waals surface area contributed by atoms with Crippen LogP contribution in [0.5, 0.6) is 0 Å². The Kier molecular flexibility index (Phi) is 7.71. The zero-order valence-corrected chi connectivity index (χ0v) is 21.4. The van der Waals surface area contributed by atoms with Gasteiger partial charge in [0.15, 0.2) is 0 Å². The monoisotopic (exact) mass is 488 g/mol. The number of esters is 1. The molecule has 8 atom stereocenters. The van der Waals surface area contributed by atoms with Gasteiger partial charge in [0.2, 0.25) is 11.8 Å². The maximum absolute atomic E-state index is 14.2. The average molecular weight is 489 g/mol. The first kappa shape index (κ1) is 25.9. The number of hydrogen-bond acceptors (Lipinski definition) is 6. The van der Waals surface area contributed by atoms with Gasteiger partial charge in [-0.15, -0.1) is 0 Å². The number of ether oxygens (including phenoxy) is 2. The molecule has 4 aliphatic rings. The molecule has 8 heteroatoms. The van der Waals surface area contributed by atoms with Crippen LogP contribution in [0.3, 0.4) is 0 Å². The van der Waals surface area contributed by atoms with Gasteiger partial charge in [-0.3, -0.25) is 14.4 Å². The second kappa shape index (κ2) is 10.4. The molecule has 8 nitrogen and oxygen atoms in total. The van der Waals surface area contributed by atoms with Crippen LogP contribution in [-0.4, -0.2) is 82.3 Å². The number of carbonyl (C=O) groups is 3. The van der Waals surface area contributed by atoms with Gasteiger partial charge in [0.1, 0.15) is 17.6 Å². The molecule has 35 heavy (non-hydrogen) atoms. The SMILES string of the molecule is CCCC(C)N1CC=C[C@]23O[C@@H]4/C=C\CCCOC(=O)[C@@H]4[C@H]2C(=O)N([C@@H](CO)[C@@H](C)CC)C3C1=O. The van der Waals surface area contributed by atoms with Crippen molar-refractivity contribution in [1.29, 1.82) is 0 Å². The van der Waals surface area contributed by atoms with E-state index in [2.05, 4.69) is 6.92 Å². The zero-order chi connectivity index (χ0) is 25.3. The van der Waals surface area contributed by atoms with Gasteiger partial charge in [0, 0.05) is 12.6 Å². The molecular weight excluding hydrogens is 448 g/mol. The fourth-order valence-electron chi connectivity index (χ4n) is 6.35. The van der Waals surface area contributed by atoms with Gasteiger partial charge in [-0.05, 0) is 32.1 Å². The van der Waals surface area contributed by atoms with Crippen molar-refractivity contribution in [3.05, 3.63) is 24.3 Å². The highest BCUT2D eigenvalue weighted by molar-refractivity contribution is 5.99. The van der Waals surface area contributed by atoms with E-state index in [9.17, 15) is 19.5 Å². The van der Waals surface area contributed by atoms with Crippen LogP contribution in [0.2, 0.25) is 0 Å². The topological polar surface area (TPSA) is 96.4 Å². The lowest BCUT2D eigenvalue weighted by Gasteiger charge is -2.41. The van der Waals surface area contributed by atoms with Crippen LogP contribution < -0.4 is 0 Å². The van der Waals surface area contributed by atoms with E-state index in [4.69, 9.17) is 9.47 Å². The number of cyclic esters (lactones) is 1. The van der Waals surface area contributed by atoms with Crippen molar-refractivity contribution < 1.29 is 29.0 Å². The summed E-state index contributed by atoms with van der Waals surface area (Å²) in [7, 11) is 0. The summed E-state index contributed by atoms with van der Waals surface area (Å²) in [6.07, 6.45) is 10.9. The van der Waals surface area contributed by atoms with Gasteiger partial charge < -0.3 is 24.4 Å². The van der Waals surface area contributed by atoms with Gasteiger partial charge in [-0.1, -0.05) is 57.9 Å². The highest BCUT2D eigenvalue weighted by Gasteiger charge is 2.72. The largest absolute Gasteiger partial charge is 0.465 e. The summed E-state index contributed by atoms with van der Waals surface area (Å²) in [5.74, 6) is -2.70. The minimum Gasteiger partial charge on any atom is -0.465 e. The average Bonchev–Trinajstić information content (AvgIpc) is 3.24.